The maximum atomic E-state index is 11.4. The summed E-state index contributed by atoms with van der Waals surface area (Å²) in [6.07, 6.45) is 0. The molecule has 78 valence electrons. The van der Waals surface area contributed by atoms with Crippen LogP contribution in [0, 0.1) is 6.92 Å². The van der Waals surface area contributed by atoms with Crippen LogP contribution in [0.25, 0.3) is 0 Å². The van der Waals surface area contributed by atoms with E-state index in [1.165, 1.54) is 11.3 Å². The van der Waals surface area contributed by atoms with E-state index in [2.05, 4.69) is 4.98 Å². The Hall–Kier alpha value is -1.10. The minimum absolute atomic E-state index is 0.339. The van der Waals surface area contributed by atoms with Crippen molar-refractivity contribution in [1.82, 2.24) is 4.98 Å². The lowest BCUT2D eigenvalue weighted by molar-refractivity contribution is 0.0519. The number of hydrogen-bond donors (Lipinski definition) is 0. The largest absolute Gasteiger partial charge is 0.461 e. The molecule has 0 fully saturated rings. The molecule has 0 atom stereocenters. The summed E-state index contributed by atoms with van der Waals surface area (Å²) in [5, 5.41) is 0.825. The summed E-state index contributed by atoms with van der Waals surface area (Å²) in [5.41, 5.74) is 0.431. The van der Waals surface area contributed by atoms with Crippen LogP contribution in [0.4, 0.5) is 5.13 Å². The molecule has 14 heavy (non-hydrogen) atoms. The topological polar surface area (TPSA) is 42.4 Å². The van der Waals surface area contributed by atoms with Gasteiger partial charge in [-0.15, -0.1) is 11.3 Å². The van der Waals surface area contributed by atoms with Gasteiger partial charge in [-0.3, -0.25) is 0 Å². The fourth-order valence-electron chi connectivity index (χ4n) is 0.963. The number of hydrogen-bond acceptors (Lipinski definition) is 5. The SMILES string of the molecule is CCOC(=O)c1nc(N(C)C)sc1C. The Morgan fingerprint density at radius 1 is 1.57 bits per heavy atom. The first-order valence-electron chi connectivity index (χ1n) is 4.38. The third-order valence-electron chi connectivity index (χ3n) is 1.64. The Kier molecular flexibility index (Phi) is 3.46. The molecule has 0 saturated carbocycles. The predicted molar refractivity (Wildman–Crippen MR) is 57.1 cm³/mol. The third kappa shape index (κ3) is 2.23. The number of carbonyl (C=O) groups is 1. The van der Waals surface area contributed by atoms with E-state index < -0.39 is 0 Å². The lowest BCUT2D eigenvalue weighted by atomic mass is 10.4. The maximum Gasteiger partial charge on any atom is 0.358 e. The quantitative estimate of drug-likeness (QED) is 0.718. The number of ether oxygens (including phenoxy) is 1. The number of esters is 1. The first-order valence-corrected chi connectivity index (χ1v) is 5.19. The summed E-state index contributed by atoms with van der Waals surface area (Å²) in [5.74, 6) is -0.339. The average Bonchev–Trinajstić information content (AvgIpc) is 2.48. The smallest absolute Gasteiger partial charge is 0.358 e. The number of anilines is 1. The average molecular weight is 214 g/mol. The lowest BCUT2D eigenvalue weighted by Gasteiger charge is -2.05. The molecular weight excluding hydrogens is 200 g/mol. The second-order valence-corrected chi connectivity index (χ2v) is 4.20. The summed E-state index contributed by atoms with van der Waals surface area (Å²) in [4.78, 5) is 18.4. The fraction of sp³-hybridized carbons (Fsp3) is 0.556. The van der Waals surface area contributed by atoms with Crippen molar-refractivity contribution in [3.05, 3.63) is 10.6 Å². The van der Waals surface area contributed by atoms with Gasteiger partial charge in [0.15, 0.2) is 10.8 Å². The molecule has 1 aromatic heterocycles. The van der Waals surface area contributed by atoms with Gasteiger partial charge >= 0.3 is 5.97 Å². The molecule has 0 radical (unpaired) electrons. The van der Waals surface area contributed by atoms with Gasteiger partial charge in [0.25, 0.3) is 0 Å². The van der Waals surface area contributed by atoms with Crippen LogP contribution in [0.5, 0.6) is 0 Å². The number of thiazole rings is 1. The molecule has 0 aromatic carbocycles. The van der Waals surface area contributed by atoms with E-state index in [0.717, 1.165) is 10.0 Å². The highest BCUT2D eigenvalue weighted by Gasteiger charge is 2.16. The fourth-order valence-corrected chi connectivity index (χ4v) is 1.78. The number of aryl methyl sites for hydroxylation is 1. The highest BCUT2D eigenvalue weighted by Crippen LogP contribution is 2.24. The molecule has 0 aliphatic carbocycles. The Morgan fingerprint density at radius 2 is 2.21 bits per heavy atom. The van der Waals surface area contributed by atoms with Crippen LogP contribution >= 0.6 is 11.3 Å². The molecule has 0 N–H and O–H groups in total. The van der Waals surface area contributed by atoms with Crippen molar-refractivity contribution in [2.75, 3.05) is 25.6 Å². The van der Waals surface area contributed by atoms with Gasteiger partial charge in [-0.25, -0.2) is 9.78 Å². The molecule has 1 heterocycles. The molecule has 0 amide bonds. The molecule has 4 nitrogen and oxygen atoms in total. The monoisotopic (exact) mass is 214 g/mol. The summed E-state index contributed by atoms with van der Waals surface area (Å²) < 4.78 is 4.89. The number of carbonyl (C=O) groups excluding carboxylic acids is 1. The highest BCUT2D eigenvalue weighted by molar-refractivity contribution is 7.15. The van der Waals surface area contributed by atoms with Crippen LogP contribution in [0.1, 0.15) is 22.3 Å². The van der Waals surface area contributed by atoms with Crippen molar-refractivity contribution in [2.45, 2.75) is 13.8 Å². The van der Waals surface area contributed by atoms with Gasteiger partial charge in [-0.2, -0.15) is 0 Å². The minimum atomic E-state index is -0.339. The normalized spacial score (nSPS) is 10.0. The zero-order chi connectivity index (χ0) is 10.7. The first-order chi connectivity index (χ1) is 6.56. The highest BCUT2D eigenvalue weighted by atomic mass is 32.1. The van der Waals surface area contributed by atoms with E-state index in [-0.39, 0.29) is 5.97 Å². The van der Waals surface area contributed by atoms with Crippen LogP contribution in [0.15, 0.2) is 0 Å². The molecular formula is C9H14N2O2S. The van der Waals surface area contributed by atoms with Gasteiger partial charge in [-0.05, 0) is 13.8 Å². The molecule has 0 aliphatic rings. The molecule has 5 heteroatoms. The van der Waals surface area contributed by atoms with E-state index in [4.69, 9.17) is 4.74 Å². The van der Waals surface area contributed by atoms with Crippen molar-refractivity contribution in [2.24, 2.45) is 0 Å². The Morgan fingerprint density at radius 3 is 2.64 bits per heavy atom. The summed E-state index contributed by atoms with van der Waals surface area (Å²) in [6.45, 7) is 4.04. The zero-order valence-corrected chi connectivity index (χ0v) is 9.64. The van der Waals surface area contributed by atoms with Crippen LogP contribution in [0.3, 0.4) is 0 Å². The van der Waals surface area contributed by atoms with Gasteiger partial charge in [0.05, 0.1) is 6.61 Å². The van der Waals surface area contributed by atoms with E-state index in [1.54, 1.807) is 6.92 Å². The second kappa shape index (κ2) is 4.41. The van der Waals surface area contributed by atoms with Crippen LogP contribution < -0.4 is 4.90 Å². The van der Waals surface area contributed by atoms with Crippen molar-refractivity contribution in [3.8, 4) is 0 Å². The molecule has 0 bridgehead atoms. The van der Waals surface area contributed by atoms with Gasteiger partial charge in [0.1, 0.15) is 0 Å². The molecule has 1 aromatic rings. The summed E-state index contributed by atoms with van der Waals surface area (Å²) in [7, 11) is 3.79. The van der Waals surface area contributed by atoms with E-state index >= 15 is 0 Å². The van der Waals surface area contributed by atoms with Gasteiger partial charge < -0.3 is 9.64 Å². The van der Waals surface area contributed by atoms with Gasteiger partial charge in [0, 0.05) is 19.0 Å². The summed E-state index contributed by atoms with van der Waals surface area (Å²) in [6, 6.07) is 0. The zero-order valence-electron chi connectivity index (χ0n) is 8.83. The predicted octanol–water partition coefficient (Wildman–Crippen LogP) is 1.69. The van der Waals surface area contributed by atoms with Crippen LogP contribution in [-0.4, -0.2) is 31.7 Å². The third-order valence-corrected chi connectivity index (χ3v) is 2.78. The van der Waals surface area contributed by atoms with Gasteiger partial charge in [0.2, 0.25) is 0 Å². The minimum Gasteiger partial charge on any atom is -0.461 e. The van der Waals surface area contributed by atoms with Gasteiger partial charge in [-0.1, -0.05) is 0 Å². The molecule has 0 aliphatic heterocycles. The Labute approximate surface area is 87.5 Å². The maximum absolute atomic E-state index is 11.4. The molecule has 0 spiro atoms. The Balaban J connectivity index is 2.92. The van der Waals surface area contributed by atoms with Crippen LogP contribution in [-0.2, 0) is 4.74 Å². The number of rotatable bonds is 3. The van der Waals surface area contributed by atoms with Crippen molar-refractivity contribution >= 4 is 22.4 Å². The number of aromatic nitrogens is 1. The first kappa shape index (κ1) is 11.0. The lowest BCUT2D eigenvalue weighted by Crippen LogP contribution is -2.10. The van der Waals surface area contributed by atoms with E-state index in [1.807, 2.05) is 25.9 Å². The van der Waals surface area contributed by atoms with E-state index in [9.17, 15) is 4.79 Å². The van der Waals surface area contributed by atoms with Crippen molar-refractivity contribution < 1.29 is 9.53 Å². The Bertz CT molecular complexity index is 334. The molecule has 1 rings (SSSR count). The molecule has 0 unspecified atom stereocenters. The number of nitrogens with zero attached hydrogens (tertiary/aromatic N) is 2. The second-order valence-electron chi connectivity index (χ2n) is 3.02. The van der Waals surface area contributed by atoms with E-state index in [0.29, 0.717) is 12.3 Å². The molecule has 0 saturated heterocycles. The standard InChI is InChI=1S/C9H14N2O2S/c1-5-13-8(12)7-6(2)14-9(10-7)11(3)4/h5H2,1-4H3. The van der Waals surface area contributed by atoms with Crippen molar-refractivity contribution in [1.29, 1.82) is 0 Å². The van der Waals surface area contributed by atoms with Crippen molar-refractivity contribution in [3.63, 3.8) is 0 Å². The summed E-state index contributed by atoms with van der Waals surface area (Å²) >= 11 is 1.49. The van der Waals surface area contributed by atoms with Crippen LogP contribution in [0.2, 0.25) is 0 Å².